The van der Waals surface area contributed by atoms with Crippen LogP contribution in [-0.4, -0.2) is 16.4 Å². The monoisotopic (exact) mass is 363 g/mol. The zero-order chi connectivity index (χ0) is 19.2. The van der Waals surface area contributed by atoms with Crippen molar-refractivity contribution in [1.29, 1.82) is 0 Å². The van der Waals surface area contributed by atoms with Crippen LogP contribution in [0.1, 0.15) is 56.1 Å². The number of rotatable bonds is 2. The molecule has 1 heterocycles. The van der Waals surface area contributed by atoms with E-state index in [9.17, 15) is 10.2 Å². The van der Waals surface area contributed by atoms with E-state index in [1.54, 1.807) is 24.4 Å². The third kappa shape index (κ3) is 3.09. The molecule has 0 saturated carbocycles. The van der Waals surface area contributed by atoms with Gasteiger partial charge in [-0.3, -0.25) is 4.99 Å². The lowest BCUT2D eigenvalue weighted by Gasteiger charge is -2.21. The van der Waals surface area contributed by atoms with Crippen LogP contribution in [0.5, 0.6) is 11.5 Å². The van der Waals surface area contributed by atoms with Crippen LogP contribution >= 0.6 is 0 Å². The first kappa shape index (κ1) is 17.7. The Morgan fingerprint density at radius 3 is 2.56 bits per heavy atom. The fraction of sp³-hybridized carbons (Fsp3) is 0.348. The van der Waals surface area contributed by atoms with Gasteiger partial charge in [-0.05, 0) is 42.9 Å². The molecular weight excluding hydrogens is 338 g/mol. The van der Waals surface area contributed by atoms with E-state index in [-0.39, 0.29) is 16.9 Å². The molecule has 0 atom stereocenters. The van der Waals surface area contributed by atoms with Gasteiger partial charge in [0.1, 0.15) is 28.5 Å². The number of fused-ring (bicyclic) bond motifs is 3. The molecule has 1 aromatic heterocycles. The Balaban J connectivity index is 1.97. The average Bonchev–Trinajstić information content (AvgIpc) is 2.99. The standard InChI is InChI=1S/C23H25NO3/c1-23(2,3)16-12-20-21(14-8-4-7-11-19(14)27-20)15(22(16)26)13-24-17-9-5-6-10-18(17)25/h5-6,9-10,12-13,25-26H,4,7-8,11H2,1-3H3. The van der Waals surface area contributed by atoms with E-state index in [0.29, 0.717) is 11.3 Å². The minimum Gasteiger partial charge on any atom is -0.507 e. The Bertz CT molecular complexity index is 1040. The normalized spacial score (nSPS) is 14.8. The summed E-state index contributed by atoms with van der Waals surface area (Å²) in [4.78, 5) is 4.46. The van der Waals surface area contributed by atoms with Crippen LogP contribution < -0.4 is 0 Å². The Labute approximate surface area is 159 Å². The number of hydrogen-bond acceptors (Lipinski definition) is 4. The molecule has 2 N–H and O–H groups in total. The van der Waals surface area contributed by atoms with Crippen LogP contribution in [0.4, 0.5) is 5.69 Å². The summed E-state index contributed by atoms with van der Waals surface area (Å²) in [7, 11) is 0. The van der Waals surface area contributed by atoms with Gasteiger partial charge in [-0.15, -0.1) is 0 Å². The van der Waals surface area contributed by atoms with E-state index in [0.717, 1.165) is 48.0 Å². The maximum Gasteiger partial charge on any atom is 0.141 e. The van der Waals surface area contributed by atoms with Gasteiger partial charge in [0.15, 0.2) is 0 Å². The highest BCUT2D eigenvalue weighted by Crippen LogP contribution is 2.42. The maximum absolute atomic E-state index is 11.1. The minimum absolute atomic E-state index is 0.116. The second kappa shape index (κ2) is 6.45. The van der Waals surface area contributed by atoms with Crippen LogP contribution in [0, 0.1) is 0 Å². The van der Waals surface area contributed by atoms with Gasteiger partial charge in [0.2, 0.25) is 0 Å². The third-order valence-corrected chi connectivity index (χ3v) is 5.28. The minimum atomic E-state index is -0.233. The first-order chi connectivity index (χ1) is 12.9. The van der Waals surface area contributed by atoms with Gasteiger partial charge in [-0.2, -0.15) is 0 Å². The molecule has 2 aromatic carbocycles. The molecule has 1 aliphatic rings. The number of para-hydroxylation sites is 2. The highest BCUT2D eigenvalue weighted by molar-refractivity contribution is 6.04. The van der Waals surface area contributed by atoms with Crippen molar-refractivity contribution in [3.05, 3.63) is 52.8 Å². The fourth-order valence-corrected chi connectivity index (χ4v) is 3.85. The molecule has 0 aliphatic heterocycles. The molecule has 27 heavy (non-hydrogen) atoms. The van der Waals surface area contributed by atoms with Crippen molar-refractivity contribution in [3.63, 3.8) is 0 Å². The van der Waals surface area contributed by atoms with Crippen molar-refractivity contribution in [1.82, 2.24) is 0 Å². The van der Waals surface area contributed by atoms with E-state index in [2.05, 4.69) is 25.8 Å². The van der Waals surface area contributed by atoms with Crippen molar-refractivity contribution in [2.75, 3.05) is 0 Å². The molecule has 0 saturated heterocycles. The number of aryl methyl sites for hydroxylation is 2. The number of hydrogen-bond donors (Lipinski definition) is 2. The molecule has 140 valence electrons. The van der Waals surface area contributed by atoms with Gasteiger partial charge >= 0.3 is 0 Å². The molecule has 0 fully saturated rings. The molecule has 0 radical (unpaired) electrons. The van der Waals surface area contributed by atoms with Gasteiger partial charge in [-0.25, -0.2) is 0 Å². The molecule has 0 bridgehead atoms. The van der Waals surface area contributed by atoms with Crippen molar-refractivity contribution in [2.24, 2.45) is 4.99 Å². The molecule has 4 heteroatoms. The van der Waals surface area contributed by atoms with Crippen LogP contribution in [0.15, 0.2) is 39.7 Å². The van der Waals surface area contributed by atoms with Crippen LogP contribution in [-0.2, 0) is 18.3 Å². The third-order valence-electron chi connectivity index (χ3n) is 5.28. The number of phenolic OH excluding ortho intramolecular Hbond substituents is 2. The lowest BCUT2D eigenvalue weighted by atomic mass is 9.83. The van der Waals surface area contributed by atoms with Crippen molar-refractivity contribution in [2.45, 2.75) is 51.9 Å². The quantitative estimate of drug-likeness (QED) is 0.568. The number of nitrogens with zero attached hydrogens (tertiary/aromatic N) is 1. The van der Waals surface area contributed by atoms with Gasteiger partial charge in [0, 0.05) is 34.7 Å². The summed E-state index contributed by atoms with van der Waals surface area (Å²) < 4.78 is 6.18. The summed E-state index contributed by atoms with van der Waals surface area (Å²) in [6.07, 6.45) is 5.80. The first-order valence-corrected chi connectivity index (χ1v) is 9.49. The number of furan rings is 1. The molecule has 4 rings (SSSR count). The Morgan fingerprint density at radius 1 is 1.07 bits per heavy atom. The summed E-state index contributed by atoms with van der Waals surface area (Å²) in [5.74, 6) is 1.38. The Kier molecular flexibility index (Phi) is 4.22. The number of aliphatic imine (C=N–C) groups is 1. The Hall–Kier alpha value is -2.75. The van der Waals surface area contributed by atoms with E-state index in [1.165, 1.54) is 5.56 Å². The van der Waals surface area contributed by atoms with Crippen molar-refractivity contribution >= 4 is 22.9 Å². The summed E-state index contributed by atoms with van der Waals surface area (Å²) in [6, 6.07) is 8.91. The van der Waals surface area contributed by atoms with Gasteiger partial charge in [-0.1, -0.05) is 32.9 Å². The summed E-state index contributed by atoms with van der Waals surface area (Å²) in [5, 5.41) is 22.1. The lowest BCUT2D eigenvalue weighted by molar-refractivity contribution is 0.446. The second-order valence-electron chi connectivity index (χ2n) is 8.27. The highest BCUT2D eigenvalue weighted by Gasteiger charge is 2.27. The fourth-order valence-electron chi connectivity index (χ4n) is 3.85. The zero-order valence-electron chi connectivity index (χ0n) is 16.0. The predicted octanol–water partition coefficient (Wildman–Crippen LogP) is 5.77. The van der Waals surface area contributed by atoms with Gasteiger partial charge in [0.05, 0.1) is 0 Å². The van der Waals surface area contributed by atoms with E-state index in [1.807, 2.05) is 12.1 Å². The molecule has 0 unspecified atom stereocenters. The van der Waals surface area contributed by atoms with E-state index >= 15 is 0 Å². The first-order valence-electron chi connectivity index (χ1n) is 9.49. The highest BCUT2D eigenvalue weighted by atomic mass is 16.3. The zero-order valence-corrected chi connectivity index (χ0v) is 16.0. The molecular formula is C23H25NO3. The molecule has 4 nitrogen and oxygen atoms in total. The maximum atomic E-state index is 11.1. The van der Waals surface area contributed by atoms with E-state index in [4.69, 9.17) is 4.42 Å². The van der Waals surface area contributed by atoms with Crippen LogP contribution in [0.2, 0.25) is 0 Å². The van der Waals surface area contributed by atoms with E-state index < -0.39 is 0 Å². The van der Waals surface area contributed by atoms with Crippen molar-refractivity contribution in [3.8, 4) is 11.5 Å². The molecule has 0 amide bonds. The molecule has 0 spiro atoms. The summed E-state index contributed by atoms with van der Waals surface area (Å²) >= 11 is 0. The molecule has 1 aliphatic carbocycles. The van der Waals surface area contributed by atoms with Crippen molar-refractivity contribution < 1.29 is 14.6 Å². The molecule has 3 aromatic rings. The van der Waals surface area contributed by atoms with Crippen LogP contribution in [0.3, 0.4) is 0 Å². The number of aromatic hydroxyl groups is 2. The lowest BCUT2D eigenvalue weighted by Crippen LogP contribution is -2.12. The number of benzene rings is 2. The second-order valence-corrected chi connectivity index (χ2v) is 8.27. The predicted molar refractivity (Wildman–Crippen MR) is 109 cm³/mol. The smallest absolute Gasteiger partial charge is 0.141 e. The SMILES string of the molecule is CC(C)(C)c1cc2oc3c(c2c(C=Nc2ccccc2O)c1O)CCCC3. The number of phenols is 2. The summed E-state index contributed by atoms with van der Waals surface area (Å²) in [5.41, 5.74) is 3.74. The van der Waals surface area contributed by atoms with Gasteiger partial charge in [0.25, 0.3) is 0 Å². The largest absolute Gasteiger partial charge is 0.507 e. The summed E-state index contributed by atoms with van der Waals surface area (Å²) in [6.45, 7) is 6.21. The van der Waals surface area contributed by atoms with Crippen LogP contribution in [0.25, 0.3) is 11.0 Å². The topological polar surface area (TPSA) is 66.0 Å². The Morgan fingerprint density at radius 2 is 1.81 bits per heavy atom. The van der Waals surface area contributed by atoms with Gasteiger partial charge < -0.3 is 14.6 Å². The average molecular weight is 363 g/mol.